The third-order valence-corrected chi connectivity index (χ3v) is 3.15. The van der Waals surface area contributed by atoms with Crippen molar-refractivity contribution >= 4 is 23.1 Å². The smallest absolute Gasteiger partial charge is 0.242 e. The predicted molar refractivity (Wildman–Crippen MR) is 78.3 cm³/mol. The van der Waals surface area contributed by atoms with Crippen molar-refractivity contribution in [1.82, 2.24) is 0 Å². The highest BCUT2D eigenvalue weighted by molar-refractivity contribution is 7.14. The van der Waals surface area contributed by atoms with Crippen LogP contribution >= 0.6 is 11.3 Å². The van der Waals surface area contributed by atoms with Crippen LogP contribution in [-0.2, 0) is 4.74 Å². The van der Waals surface area contributed by atoms with E-state index < -0.39 is 0 Å². The SMILES string of the molecule is C#C.C/C=C1/N=C(c2ccc(C)s2)OC1=NCC. The van der Waals surface area contributed by atoms with Crippen LogP contribution in [0.25, 0.3) is 0 Å². The van der Waals surface area contributed by atoms with Gasteiger partial charge in [-0.25, -0.2) is 9.98 Å². The number of nitrogens with zero attached hydrogens (tertiary/aromatic N) is 2. The lowest BCUT2D eigenvalue weighted by atomic mass is 10.4. The average Bonchev–Trinajstić information content (AvgIpc) is 2.98. The molecule has 0 saturated heterocycles. The Morgan fingerprint density at radius 2 is 2.17 bits per heavy atom. The number of allylic oxidation sites excluding steroid dienone is 1. The van der Waals surface area contributed by atoms with Gasteiger partial charge in [-0.15, -0.1) is 24.2 Å². The number of hydrogen-bond acceptors (Lipinski definition) is 4. The molecule has 0 fully saturated rings. The van der Waals surface area contributed by atoms with Crippen LogP contribution in [0.2, 0.25) is 0 Å². The van der Waals surface area contributed by atoms with Gasteiger partial charge in [0.1, 0.15) is 5.70 Å². The minimum absolute atomic E-state index is 0.631. The molecule has 1 aliphatic rings. The van der Waals surface area contributed by atoms with E-state index in [9.17, 15) is 0 Å². The second-order valence-electron chi connectivity index (χ2n) is 3.38. The molecule has 1 aliphatic heterocycles. The first-order chi connectivity index (χ1) is 8.74. The summed E-state index contributed by atoms with van der Waals surface area (Å²) in [6.45, 7) is 6.70. The average molecular weight is 260 g/mol. The van der Waals surface area contributed by atoms with Crippen LogP contribution in [-0.4, -0.2) is 18.3 Å². The van der Waals surface area contributed by atoms with E-state index in [1.807, 2.05) is 26.0 Å². The predicted octanol–water partition coefficient (Wildman–Crippen LogP) is 3.40. The van der Waals surface area contributed by atoms with E-state index >= 15 is 0 Å². The lowest BCUT2D eigenvalue weighted by Gasteiger charge is -1.98. The molecule has 4 heteroatoms. The minimum Gasteiger partial charge on any atom is -0.417 e. The molecule has 1 aromatic heterocycles. The second kappa shape index (κ2) is 6.77. The molecule has 0 unspecified atom stereocenters. The van der Waals surface area contributed by atoms with Gasteiger partial charge >= 0.3 is 0 Å². The highest BCUT2D eigenvalue weighted by atomic mass is 32.1. The molecule has 2 heterocycles. The van der Waals surface area contributed by atoms with Crippen molar-refractivity contribution in [3.8, 4) is 12.8 Å². The molecule has 0 amide bonds. The van der Waals surface area contributed by atoms with Gasteiger partial charge in [-0.3, -0.25) is 0 Å². The van der Waals surface area contributed by atoms with E-state index in [0.29, 0.717) is 18.3 Å². The molecular weight excluding hydrogens is 244 g/mol. The Bertz CT molecular complexity index is 521. The number of aliphatic imine (C=N–C) groups is 2. The maximum Gasteiger partial charge on any atom is 0.242 e. The van der Waals surface area contributed by atoms with Crippen molar-refractivity contribution in [3.63, 3.8) is 0 Å². The van der Waals surface area contributed by atoms with Crippen molar-refractivity contribution in [2.75, 3.05) is 6.54 Å². The summed E-state index contributed by atoms with van der Waals surface area (Å²) in [6, 6.07) is 4.09. The number of rotatable bonds is 2. The van der Waals surface area contributed by atoms with Gasteiger partial charge in [-0.05, 0) is 32.9 Å². The van der Waals surface area contributed by atoms with Crippen LogP contribution in [0.15, 0.2) is 33.9 Å². The number of terminal acetylenes is 1. The van der Waals surface area contributed by atoms with Crippen LogP contribution in [0.1, 0.15) is 23.6 Å². The zero-order valence-corrected chi connectivity index (χ0v) is 11.6. The van der Waals surface area contributed by atoms with Gasteiger partial charge in [0.15, 0.2) is 0 Å². The van der Waals surface area contributed by atoms with Crippen molar-refractivity contribution in [2.45, 2.75) is 20.8 Å². The summed E-state index contributed by atoms with van der Waals surface area (Å²) in [6.07, 6.45) is 9.92. The molecular formula is C14H16N2OS. The number of thiophene rings is 1. The molecule has 0 saturated carbocycles. The fourth-order valence-corrected chi connectivity index (χ4v) is 2.22. The number of ether oxygens (including phenoxy) is 1. The van der Waals surface area contributed by atoms with Gasteiger partial charge in [-0.2, -0.15) is 0 Å². The molecule has 94 valence electrons. The molecule has 0 aromatic carbocycles. The Labute approximate surface area is 112 Å². The van der Waals surface area contributed by atoms with Crippen LogP contribution in [0.5, 0.6) is 0 Å². The van der Waals surface area contributed by atoms with Crippen LogP contribution < -0.4 is 0 Å². The Morgan fingerprint density at radius 1 is 1.44 bits per heavy atom. The van der Waals surface area contributed by atoms with E-state index in [1.54, 1.807) is 11.3 Å². The van der Waals surface area contributed by atoms with Crippen molar-refractivity contribution in [3.05, 3.63) is 33.7 Å². The summed E-state index contributed by atoms with van der Waals surface area (Å²) < 4.78 is 5.65. The van der Waals surface area contributed by atoms with Gasteiger partial charge in [0.05, 0.1) is 4.88 Å². The zero-order chi connectivity index (χ0) is 13.5. The van der Waals surface area contributed by atoms with E-state index in [2.05, 4.69) is 35.8 Å². The first-order valence-electron chi connectivity index (χ1n) is 5.62. The molecule has 1 aromatic rings. The van der Waals surface area contributed by atoms with E-state index in [0.717, 1.165) is 10.6 Å². The minimum atomic E-state index is 0.631. The first-order valence-corrected chi connectivity index (χ1v) is 6.44. The van der Waals surface area contributed by atoms with Gasteiger partial charge in [0.25, 0.3) is 0 Å². The quantitative estimate of drug-likeness (QED) is 0.750. The second-order valence-corrected chi connectivity index (χ2v) is 4.67. The van der Waals surface area contributed by atoms with Crippen LogP contribution in [0.3, 0.4) is 0 Å². The summed E-state index contributed by atoms with van der Waals surface area (Å²) in [7, 11) is 0. The summed E-state index contributed by atoms with van der Waals surface area (Å²) >= 11 is 1.68. The van der Waals surface area contributed by atoms with Crippen LogP contribution in [0, 0.1) is 19.8 Å². The standard InChI is InChI=1S/C12H14N2OS.C2H2/c1-4-9-11(13-5-2)15-12(14-9)10-7-6-8(3)16-10;1-2/h4,6-7H,5H2,1-3H3;1-2H/b9-4+,13-11?;. The molecule has 2 rings (SSSR count). The maximum atomic E-state index is 5.65. The fourth-order valence-electron chi connectivity index (χ4n) is 1.42. The lowest BCUT2D eigenvalue weighted by molar-refractivity contribution is 0.563. The summed E-state index contributed by atoms with van der Waals surface area (Å²) in [4.78, 5) is 11.0. The molecule has 0 spiro atoms. The number of hydrogen-bond donors (Lipinski definition) is 0. The lowest BCUT2D eigenvalue weighted by Crippen LogP contribution is -2.05. The topological polar surface area (TPSA) is 34.0 Å². The van der Waals surface area contributed by atoms with Gasteiger partial charge in [0.2, 0.25) is 11.8 Å². The van der Waals surface area contributed by atoms with E-state index in [4.69, 9.17) is 4.74 Å². The fraction of sp³-hybridized carbons (Fsp3) is 0.286. The zero-order valence-electron chi connectivity index (χ0n) is 10.8. The molecule has 0 radical (unpaired) electrons. The van der Waals surface area contributed by atoms with Gasteiger partial charge in [0, 0.05) is 11.4 Å². The Balaban J connectivity index is 0.000000771. The van der Waals surface area contributed by atoms with E-state index in [-0.39, 0.29) is 0 Å². The Kier molecular flexibility index (Phi) is 5.34. The number of aryl methyl sites for hydroxylation is 1. The van der Waals surface area contributed by atoms with Crippen molar-refractivity contribution < 1.29 is 4.74 Å². The summed E-state index contributed by atoms with van der Waals surface area (Å²) in [5.74, 6) is 1.30. The third-order valence-electron chi connectivity index (χ3n) is 2.16. The van der Waals surface area contributed by atoms with Gasteiger partial charge < -0.3 is 4.74 Å². The highest BCUT2D eigenvalue weighted by Crippen LogP contribution is 2.22. The van der Waals surface area contributed by atoms with Crippen molar-refractivity contribution in [2.24, 2.45) is 9.98 Å². The van der Waals surface area contributed by atoms with Gasteiger partial charge in [-0.1, -0.05) is 6.08 Å². The molecule has 18 heavy (non-hydrogen) atoms. The van der Waals surface area contributed by atoms with Crippen molar-refractivity contribution in [1.29, 1.82) is 0 Å². The Morgan fingerprint density at radius 3 is 2.67 bits per heavy atom. The monoisotopic (exact) mass is 260 g/mol. The summed E-state index contributed by atoms with van der Waals surface area (Å²) in [5.41, 5.74) is 0.822. The normalized spacial score (nSPS) is 18.2. The third kappa shape index (κ3) is 3.08. The Hall–Kier alpha value is -1.86. The highest BCUT2D eigenvalue weighted by Gasteiger charge is 2.22. The molecule has 3 nitrogen and oxygen atoms in total. The largest absolute Gasteiger partial charge is 0.417 e. The molecule has 0 aliphatic carbocycles. The molecule has 0 bridgehead atoms. The maximum absolute atomic E-state index is 5.65. The van der Waals surface area contributed by atoms with Crippen LogP contribution in [0.4, 0.5) is 0 Å². The summed E-state index contributed by atoms with van der Waals surface area (Å²) in [5, 5.41) is 0. The first kappa shape index (κ1) is 14.2. The molecule has 0 atom stereocenters. The van der Waals surface area contributed by atoms with E-state index in [1.165, 1.54) is 4.88 Å². The molecule has 0 N–H and O–H groups in total.